The molecule has 1 N–H and O–H groups in total. The number of rotatable bonds is 8. The summed E-state index contributed by atoms with van der Waals surface area (Å²) in [6.45, 7) is 0.957. The first-order valence-electron chi connectivity index (χ1n) is 10.3. The average Bonchev–Trinajstić information content (AvgIpc) is 3.10. The van der Waals surface area contributed by atoms with Gasteiger partial charge < -0.3 is 19.3 Å². The zero-order valence-corrected chi connectivity index (χ0v) is 17.8. The maximum absolute atomic E-state index is 12.6. The van der Waals surface area contributed by atoms with E-state index in [1.807, 2.05) is 37.3 Å². The van der Waals surface area contributed by atoms with Gasteiger partial charge in [-0.25, -0.2) is 4.79 Å². The van der Waals surface area contributed by atoms with Gasteiger partial charge in [0.1, 0.15) is 12.4 Å². The van der Waals surface area contributed by atoms with E-state index in [1.165, 1.54) is 18.2 Å². The highest BCUT2D eigenvalue weighted by Crippen LogP contribution is 2.33. The number of hydrogen-bond donors (Lipinski definition) is 1. The molecule has 1 saturated heterocycles. The fourth-order valence-corrected chi connectivity index (χ4v) is 3.54. The second-order valence-corrected chi connectivity index (χ2v) is 7.67. The van der Waals surface area contributed by atoms with Gasteiger partial charge in [-0.2, -0.15) is 0 Å². The van der Waals surface area contributed by atoms with Gasteiger partial charge in [0, 0.05) is 12.0 Å². The molecule has 3 rings (SSSR count). The van der Waals surface area contributed by atoms with Crippen molar-refractivity contribution in [2.75, 3.05) is 13.2 Å². The first-order chi connectivity index (χ1) is 15.6. The molecular formula is C24H23F3O6. The number of esters is 2. The molecular weight excluding hydrogens is 441 g/mol. The largest absolute Gasteiger partial charge is 0.573 e. The van der Waals surface area contributed by atoms with Gasteiger partial charge in [-0.05, 0) is 35.8 Å². The Kier molecular flexibility index (Phi) is 7.43. The minimum absolute atomic E-state index is 0.0292. The van der Waals surface area contributed by atoms with Crippen molar-refractivity contribution in [3.63, 3.8) is 0 Å². The highest BCUT2D eigenvalue weighted by atomic mass is 19.4. The number of alkyl halides is 3. The molecule has 33 heavy (non-hydrogen) atoms. The standard InChI is InChI=1S/C24H23F3O6/c1-2-20(17-6-4-3-5-7-17)22(30)31-15-23(14-28)13-18(21(29)33-23)12-16-8-10-19(11-9-16)32-24(25,26)27/h3-12,20,28H,2,13-15H2,1H3/b18-12+. The van der Waals surface area contributed by atoms with Gasteiger partial charge in [0.05, 0.1) is 12.5 Å². The van der Waals surface area contributed by atoms with E-state index in [9.17, 15) is 27.9 Å². The molecule has 1 heterocycles. The number of hydrogen-bond acceptors (Lipinski definition) is 6. The van der Waals surface area contributed by atoms with Gasteiger partial charge in [-0.15, -0.1) is 13.2 Å². The number of carbonyl (C=O) groups excluding carboxylic acids is 2. The Hall–Kier alpha value is -3.33. The molecule has 2 aromatic carbocycles. The zero-order chi connectivity index (χ0) is 24.1. The van der Waals surface area contributed by atoms with Crippen LogP contribution >= 0.6 is 0 Å². The van der Waals surface area contributed by atoms with E-state index in [4.69, 9.17) is 9.47 Å². The molecule has 9 heteroatoms. The molecule has 1 aliphatic heterocycles. The van der Waals surface area contributed by atoms with Crippen molar-refractivity contribution in [3.8, 4) is 5.75 Å². The second kappa shape index (κ2) is 10.1. The van der Waals surface area contributed by atoms with Crippen molar-refractivity contribution in [2.24, 2.45) is 0 Å². The lowest BCUT2D eigenvalue weighted by molar-refractivity contribution is -0.274. The van der Waals surface area contributed by atoms with Crippen LogP contribution in [0.4, 0.5) is 13.2 Å². The summed E-state index contributed by atoms with van der Waals surface area (Å²) >= 11 is 0. The van der Waals surface area contributed by atoms with Crippen LogP contribution in [0.1, 0.15) is 36.8 Å². The van der Waals surface area contributed by atoms with Crippen molar-refractivity contribution < 1.29 is 42.1 Å². The van der Waals surface area contributed by atoms with Crippen LogP contribution in [0, 0.1) is 0 Å². The molecule has 2 atom stereocenters. The van der Waals surface area contributed by atoms with Gasteiger partial charge in [0.15, 0.2) is 5.60 Å². The number of halogens is 3. The molecule has 0 saturated carbocycles. The molecule has 1 aliphatic rings. The number of benzene rings is 2. The minimum atomic E-state index is -4.80. The maximum Gasteiger partial charge on any atom is 0.573 e. The lowest BCUT2D eigenvalue weighted by Crippen LogP contribution is -2.39. The lowest BCUT2D eigenvalue weighted by atomic mass is 9.96. The first kappa shape index (κ1) is 24.3. The summed E-state index contributed by atoms with van der Waals surface area (Å²) in [4.78, 5) is 25.0. The number of carbonyl (C=O) groups is 2. The normalized spacial score (nSPS) is 20.4. The van der Waals surface area contributed by atoms with E-state index in [-0.39, 0.29) is 24.4 Å². The highest BCUT2D eigenvalue weighted by molar-refractivity contribution is 5.96. The summed E-state index contributed by atoms with van der Waals surface area (Å²) in [5, 5.41) is 9.87. The summed E-state index contributed by atoms with van der Waals surface area (Å²) in [5.41, 5.74) is 0.00871. The molecule has 0 bridgehead atoms. The Balaban J connectivity index is 1.67. The molecule has 0 spiro atoms. The fraction of sp³-hybridized carbons (Fsp3) is 0.333. The Labute approximate surface area is 188 Å². The molecule has 2 unspecified atom stereocenters. The zero-order valence-electron chi connectivity index (χ0n) is 17.8. The predicted molar refractivity (Wildman–Crippen MR) is 112 cm³/mol. The average molecular weight is 464 g/mol. The van der Waals surface area contributed by atoms with E-state index in [0.29, 0.717) is 12.0 Å². The third-order valence-electron chi connectivity index (χ3n) is 5.20. The lowest BCUT2D eigenvalue weighted by Gasteiger charge is -2.25. The van der Waals surface area contributed by atoms with Gasteiger partial charge in [-0.3, -0.25) is 4.79 Å². The third-order valence-corrected chi connectivity index (χ3v) is 5.20. The van der Waals surface area contributed by atoms with Gasteiger partial charge in [0.25, 0.3) is 0 Å². The van der Waals surface area contributed by atoms with Gasteiger partial charge in [-0.1, -0.05) is 49.4 Å². The van der Waals surface area contributed by atoms with Crippen LogP contribution in [0.25, 0.3) is 6.08 Å². The fourth-order valence-electron chi connectivity index (χ4n) is 3.54. The molecule has 176 valence electrons. The SMILES string of the molecule is CCC(C(=O)OCC1(CO)C/C(=C\c2ccc(OC(F)(F)F)cc2)C(=O)O1)c1ccccc1. The van der Waals surface area contributed by atoms with E-state index in [0.717, 1.165) is 17.7 Å². The smallest absolute Gasteiger partial charge is 0.461 e. The van der Waals surface area contributed by atoms with Crippen LogP contribution in [0.5, 0.6) is 5.75 Å². The van der Waals surface area contributed by atoms with Crippen molar-refractivity contribution in [1.29, 1.82) is 0 Å². The van der Waals surface area contributed by atoms with Crippen LogP contribution in [0.3, 0.4) is 0 Å². The molecule has 0 aliphatic carbocycles. The van der Waals surface area contributed by atoms with Crippen LogP contribution in [0.2, 0.25) is 0 Å². The summed E-state index contributed by atoms with van der Waals surface area (Å²) in [7, 11) is 0. The summed E-state index contributed by atoms with van der Waals surface area (Å²) in [5.74, 6) is -2.08. The minimum Gasteiger partial charge on any atom is -0.461 e. The first-order valence-corrected chi connectivity index (χ1v) is 10.3. The molecule has 6 nitrogen and oxygen atoms in total. The van der Waals surface area contributed by atoms with Crippen molar-refractivity contribution in [2.45, 2.75) is 37.6 Å². The Morgan fingerprint density at radius 1 is 1.18 bits per heavy atom. The van der Waals surface area contributed by atoms with E-state index in [1.54, 1.807) is 0 Å². The van der Waals surface area contributed by atoms with Crippen LogP contribution < -0.4 is 4.74 Å². The highest BCUT2D eigenvalue weighted by Gasteiger charge is 2.45. The Morgan fingerprint density at radius 3 is 2.42 bits per heavy atom. The van der Waals surface area contributed by atoms with Gasteiger partial charge in [0.2, 0.25) is 0 Å². The molecule has 2 aromatic rings. The van der Waals surface area contributed by atoms with Crippen molar-refractivity contribution >= 4 is 18.0 Å². The Bertz CT molecular complexity index is 1000. The monoisotopic (exact) mass is 464 g/mol. The molecule has 1 fully saturated rings. The summed E-state index contributed by atoms with van der Waals surface area (Å²) < 4.78 is 51.4. The molecule has 0 aromatic heterocycles. The van der Waals surface area contributed by atoms with Crippen LogP contribution in [-0.2, 0) is 19.1 Å². The number of aliphatic hydroxyl groups excluding tert-OH is 1. The predicted octanol–water partition coefficient (Wildman–Crippen LogP) is 4.38. The molecule has 0 radical (unpaired) electrons. The van der Waals surface area contributed by atoms with Crippen LogP contribution in [0.15, 0.2) is 60.2 Å². The maximum atomic E-state index is 12.6. The quantitative estimate of drug-likeness (QED) is 0.461. The Morgan fingerprint density at radius 2 is 1.85 bits per heavy atom. The third kappa shape index (κ3) is 6.35. The van der Waals surface area contributed by atoms with Gasteiger partial charge >= 0.3 is 18.3 Å². The van der Waals surface area contributed by atoms with Crippen LogP contribution in [-0.4, -0.2) is 42.2 Å². The van der Waals surface area contributed by atoms with E-state index >= 15 is 0 Å². The van der Waals surface area contributed by atoms with E-state index in [2.05, 4.69) is 4.74 Å². The number of cyclic esters (lactones) is 1. The second-order valence-electron chi connectivity index (χ2n) is 7.67. The van der Waals surface area contributed by atoms with E-state index < -0.39 is 36.4 Å². The topological polar surface area (TPSA) is 82.1 Å². The number of ether oxygens (including phenoxy) is 3. The van der Waals surface area contributed by atoms with Crippen molar-refractivity contribution in [3.05, 3.63) is 71.3 Å². The number of aliphatic hydroxyl groups is 1. The summed E-state index contributed by atoms with van der Waals surface area (Å²) in [6, 6.07) is 14.1. The summed E-state index contributed by atoms with van der Waals surface area (Å²) in [6.07, 6.45) is -2.88. The molecule has 0 amide bonds. The van der Waals surface area contributed by atoms with Crippen molar-refractivity contribution in [1.82, 2.24) is 0 Å².